The monoisotopic (exact) mass is 674 g/mol. The number of nitrogens with one attached hydrogen (secondary N) is 1. The summed E-state index contributed by atoms with van der Waals surface area (Å²) in [7, 11) is 0. The van der Waals surface area contributed by atoms with E-state index < -0.39 is 0 Å². The van der Waals surface area contributed by atoms with Gasteiger partial charge in [-0.3, -0.25) is 4.79 Å². The lowest BCUT2D eigenvalue weighted by Crippen LogP contribution is -2.04. The molecule has 0 aliphatic rings. The molecule has 0 amide bonds. The molecule has 0 saturated carbocycles. The Hall–Kier alpha value is -3.66. The first-order chi connectivity index (χ1) is 23.3. The smallest absolute Gasteiger partial charge is 0.159 e. The topological polar surface area (TPSA) is 40.9 Å². The fourth-order valence-corrected chi connectivity index (χ4v) is 5.80. The predicted octanol–water partition coefficient (Wildman–Crippen LogP) is 14.1. The molecule has 0 aliphatic carbocycles. The van der Waals surface area contributed by atoms with E-state index in [4.69, 9.17) is 5.41 Å². The lowest BCUT2D eigenvalue weighted by molar-refractivity contribution is -0.113. The molecule has 4 heteroatoms. The van der Waals surface area contributed by atoms with Crippen molar-refractivity contribution in [2.24, 2.45) is 5.92 Å². The molecule has 3 aromatic carbocycles. The Bertz CT molecular complexity index is 1510. The molecular formula is C45H65F2NO. The van der Waals surface area contributed by atoms with Crippen LogP contribution in [0.1, 0.15) is 131 Å². The van der Waals surface area contributed by atoms with Gasteiger partial charge in [0.1, 0.15) is 11.6 Å². The lowest BCUT2D eigenvalue weighted by Gasteiger charge is -2.16. The zero-order valence-electron chi connectivity index (χ0n) is 32.8. The van der Waals surface area contributed by atoms with Gasteiger partial charge < -0.3 is 5.41 Å². The summed E-state index contributed by atoms with van der Waals surface area (Å²) in [6.07, 6.45) is 9.98. The number of benzene rings is 3. The molecule has 0 saturated heterocycles. The Kier molecular flexibility index (Phi) is 22.6. The van der Waals surface area contributed by atoms with E-state index in [-0.39, 0.29) is 17.4 Å². The molecule has 0 aliphatic heterocycles. The summed E-state index contributed by atoms with van der Waals surface area (Å²) in [4.78, 5) is 11.9. The first kappa shape index (κ1) is 45.3. The van der Waals surface area contributed by atoms with E-state index in [0.717, 1.165) is 45.9 Å². The molecule has 1 N–H and O–H groups in total. The molecule has 0 atom stereocenters. The van der Waals surface area contributed by atoms with Crippen LogP contribution >= 0.6 is 0 Å². The maximum Gasteiger partial charge on any atom is 0.159 e. The van der Waals surface area contributed by atoms with Crippen LogP contribution in [0.5, 0.6) is 0 Å². The van der Waals surface area contributed by atoms with Crippen LogP contribution in [0.25, 0.3) is 22.3 Å². The highest BCUT2D eigenvalue weighted by molar-refractivity contribution is 5.97. The Morgan fingerprint density at radius 1 is 0.857 bits per heavy atom. The van der Waals surface area contributed by atoms with Crippen molar-refractivity contribution in [2.75, 3.05) is 0 Å². The average Bonchev–Trinajstić information content (AvgIpc) is 3.07. The maximum absolute atomic E-state index is 15.9. The predicted molar refractivity (Wildman–Crippen MR) is 212 cm³/mol. The van der Waals surface area contributed by atoms with E-state index in [2.05, 4.69) is 27.4 Å². The maximum atomic E-state index is 15.9. The van der Waals surface area contributed by atoms with Crippen LogP contribution in [0.3, 0.4) is 0 Å². The molecule has 49 heavy (non-hydrogen) atoms. The van der Waals surface area contributed by atoms with Crippen LogP contribution in [0, 0.1) is 29.9 Å². The van der Waals surface area contributed by atoms with Crippen LogP contribution in [-0.4, -0.2) is 11.5 Å². The zero-order chi connectivity index (χ0) is 37.7. The van der Waals surface area contributed by atoms with Crippen molar-refractivity contribution in [2.45, 2.75) is 134 Å². The third-order valence-corrected chi connectivity index (χ3v) is 8.61. The Morgan fingerprint density at radius 2 is 1.39 bits per heavy atom. The van der Waals surface area contributed by atoms with Crippen molar-refractivity contribution in [1.82, 2.24) is 0 Å². The minimum Gasteiger partial charge on any atom is -0.310 e. The van der Waals surface area contributed by atoms with Crippen molar-refractivity contribution in [3.8, 4) is 22.3 Å². The highest BCUT2D eigenvalue weighted by atomic mass is 19.1. The number of hydrogen-bond acceptors (Lipinski definition) is 2. The van der Waals surface area contributed by atoms with Gasteiger partial charge in [0.05, 0.1) is 0 Å². The Balaban J connectivity index is 0.00000129. The third-order valence-electron chi connectivity index (χ3n) is 8.61. The van der Waals surface area contributed by atoms with Gasteiger partial charge in [0.25, 0.3) is 0 Å². The quantitative estimate of drug-likeness (QED) is 0.109. The van der Waals surface area contributed by atoms with Gasteiger partial charge in [-0.15, -0.1) is 0 Å². The summed E-state index contributed by atoms with van der Waals surface area (Å²) in [5, 5.41) is 6.74. The number of rotatable bonds is 13. The lowest BCUT2D eigenvalue weighted by atomic mass is 9.89. The zero-order valence-corrected chi connectivity index (χ0v) is 32.8. The fourth-order valence-electron chi connectivity index (χ4n) is 5.80. The summed E-state index contributed by atoms with van der Waals surface area (Å²) in [5.41, 5.74) is 7.80. The Labute approximate surface area is 298 Å². The van der Waals surface area contributed by atoms with Crippen LogP contribution in [0.4, 0.5) is 8.78 Å². The molecule has 0 bridgehead atoms. The number of carbonyl (C=O) groups is 1. The standard InChI is InChI=1S/C31H32F2O.C8H18.C4H9N.C2H6/c1-7-22-17-24(18-30(32)26(22)9-3)28-14-11-15-29(31(28)33)27-13-10-12-23(20(27)5)16-19(4)25(8-2)21(6)34;1-4-6-8(3)7-5-2;1-3-4(2)5;1-2/h8,10-15,17-18H,4,7,9,16H2,1-3,5-6H3;8H,4-7H2,1-3H3;5H,3H2,1-2H3;1-2H3/b25-8-;;;. The minimum absolute atomic E-state index is 0.0205. The second-order valence-corrected chi connectivity index (χ2v) is 12.4. The molecule has 3 aromatic rings. The molecule has 270 valence electrons. The highest BCUT2D eigenvalue weighted by Crippen LogP contribution is 2.35. The van der Waals surface area contributed by atoms with Crippen molar-refractivity contribution in [1.29, 1.82) is 5.41 Å². The average molecular weight is 674 g/mol. The van der Waals surface area contributed by atoms with E-state index >= 15 is 4.39 Å². The van der Waals surface area contributed by atoms with Crippen LogP contribution in [0.2, 0.25) is 0 Å². The molecule has 2 nitrogen and oxygen atoms in total. The molecule has 0 heterocycles. The normalized spacial score (nSPS) is 10.6. The Morgan fingerprint density at radius 3 is 1.86 bits per heavy atom. The van der Waals surface area contributed by atoms with Gasteiger partial charge in [0.15, 0.2) is 5.78 Å². The van der Waals surface area contributed by atoms with Gasteiger partial charge in [0, 0.05) is 22.4 Å². The fraction of sp³-hybridized carbons (Fsp3) is 0.467. The summed E-state index contributed by atoms with van der Waals surface area (Å²) in [6.45, 7) is 28.0. The van der Waals surface area contributed by atoms with Crippen molar-refractivity contribution < 1.29 is 13.6 Å². The molecule has 0 spiro atoms. The second kappa shape index (κ2) is 24.5. The number of halogens is 2. The molecule has 0 aromatic heterocycles. The van der Waals surface area contributed by atoms with E-state index in [9.17, 15) is 9.18 Å². The van der Waals surface area contributed by atoms with Crippen molar-refractivity contribution in [3.05, 3.63) is 106 Å². The minimum atomic E-state index is -0.370. The summed E-state index contributed by atoms with van der Waals surface area (Å²) in [6, 6.07) is 14.4. The van der Waals surface area contributed by atoms with Gasteiger partial charge in [-0.05, 0) is 104 Å². The molecule has 3 rings (SSSR count). The van der Waals surface area contributed by atoms with Crippen LogP contribution in [0.15, 0.2) is 72.3 Å². The number of hydrogen-bond donors (Lipinski definition) is 1. The van der Waals surface area contributed by atoms with Crippen LogP contribution < -0.4 is 0 Å². The van der Waals surface area contributed by atoms with Crippen molar-refractivity contribution >= 4 is 11.5 Å². The first-order valence-electron chi connectivity index (χ1n) is 18.4. The number of ketones is 1. The van der Waals surface area contributed by atoms with E-state index in [1.807, 2.05) is 78.8 Å². The summed E-state index contributed by atoms with van der Waals surface area (Å²) >= 11 is 0. The summed E-state index contributed by atoms with van der Waals surface area (Å²) in [5.74, 6) is 0.284. The number of allylic oxidation sites excluding steroid dienone is 3. The van der Waals surface area contributed by atoms with Crippen molar-refractivity contribution in [3.63, 3.8) is 0 Å². The van der Waals surface area contributed by atoms with Gasteiger partial charge in [-0.2, -0.15) is 0 Å². The van der Waals surface area contributed by atoms with Gasteiger partial charge in [-0.25, -0.2) is 8.78 Å². The first-order valence-corrected chi connectivity index (χ1v) is 18.4. The van der Waals surface area contributed by atoms with E-state index in [0.29, 0.717) is 47.1 Å². The number of aryl methyl sites for hydroxylation is 1. The largest absolute Gasteiger partial charge is 0.310 e. The molecule has 0 radical (unpaired) electrons. The molecule has 0 unspecified atom stereocenters. The second-order valence-electron chi connectivity index (χ2n) is 12.4. The molecule has 0 fully saturated rings. The highest BCUT2D eigenvalue weighted by Gasteiger charge is 2.18. The van der Waals surface area contributed by atoms with Gasteiger partial charge >= 0.3 is 0 Å². The molecular weight excluding hydrogens is 608 g/mol. The van der Waals surface area contributed by atoms with E-state index in [1.165, 1.54) is 38.7 Å². The van der Waals surface area contributed by atoms with Crippen LogP contribution in [-0.2, 0) is 24.1 Å². The SMILES string of the molecule is C=C(Cc1cccc(-c2cccc(-c3cc(F)c(CC)c(CC)c3)c2F)c1C)/C(=C/C)C(C)=O.CC.CCC(C)=N.CCCC(C)CCC. The third kappa shape index (κ3) is 14.4. The van der Waals surface area contributed by atoms with E-state index in [1.54, 1.807) is 25.1 Å². The van der Waals surface area contributed by atoms with Gasteiger partial charge in [0.2, 0.25) is 0 Å². The van der Waals surface area contributed by atoms with Gasteiger partial charge in [-0.1, -0.05) is 136 Å². The number of Topliss-reactive ketones (excluding diaryl/α,β-unsaturated/α-hetero) is 1. The number of carbonyl (C=O) groups excluding carboxylic acids is 1. The summed E-state index contributed by atoms with van der Waals surface area (Å²) < 4.78 is 30.6.